The third-order valence-corrected chi connectivity index (χ3v) is 5.30. The van der Waals surface area contributed by atoms with Crippen LogP contribution in [0.2, 0.25) is 0 Å². The number of nitrogens with two attached hydrogens (primary N) is 1. The Labute approximate surface area is 159 Å². The van der Waals surface area contributed by atoms with Gasteiger partial charge in [0.15, 0.2) is 6.61 Å². The van der Waals surface area contributed by atoms with Crippen LogP contribution in [0.1, 0.15) is 28.3 Å². The molecule has 0 bridgehead atoms. The van der Waals surface area contributed by atoms with Gasteiger partial charge in [-0.1, -0.05) is 18.2 Å². The highest BCUT2D eigenvalue weighted by molar-refractivity contribution is 7.09. The number of aromatic nitrogens is 2. The van der Waals surface area contributed by atoms with Crippen molar-refractivity contribution in [1.29, 1.82) is 0 Å². The molecule has 0 saturated heterocycles. The van der Waals surface area contributed by atoms with Gasteiger partial charge in [0.2, 0.25) is 5.91 Å². The smallest absolute Gasteiger partial charge is 0.255 e. The Hall–Kier alpha value is -3.13. The maximum atomic E-state index is 12.3. The van der Waals surface area contributed by atoms with Gasteiger partial charge in [-0.15, -0.1) is 11.3 Å². The molecule has 3 heterocycles. The number of nitrogens with zero attached hydrogens (tertiary/aromatic N) is 2. The molecule has 1 atom stereocenters. The van der Waals surface area contributed by atoms with E-state index in [0.717, 1.165) is 16.9 Å². The zero-order chi connectivity index (χ0) is 18.8. The molecule has 27 heavy (non-hydrogen) atoms. The fraction of sp³-hybridized carbons (Fsp3) is 0.211. The van der Waals surface area contributed by atoms with Crippen molar-refractivity contribution in [2.75, 3.05) is 11.9 Å². The lowest BCUT2D eigenvalue weighted by molar-refractivity contribution is -0.120. The molecule has 8 heteroatoms. The van der Waals surface area contributed by atoms with Crippen molar-refractivity contribution in [2.45, 2.75) is 18.9 Å². The summed E-state index contributed by atoms with van der Waals surface area (Å²) in [6.07, 6.45) is 2.18. The minimum absolute atomic E-state index is 0.0329. The van der Waals surface area contributed by atoms with Gasteiger partial charge in [-0.05, 0) is 29.1 Å². The summed E-state index contributed by atoms with van der Waals surface area (Å²) in [7, 11) is 0. The number of carbonyl (C=O) groups is 2. The van der Waals surface area contributed by atoms with E-state index in [-0.39, 0.29) is 18.4 Å². The molecule has 7 nitrogen and oxygen atoms in total. The molecule has 1 aliphatic heterocycles. The average Bonchev–Trinajstić information content (AvgIpc) is 3.31. The van der Waals surface area contributed by atoms with Gasteiger partial charge in [-0.3, -0.25) is 9.59 Å². The van der Waals surface area contributed by atoms with Crippen molar-refractivity contribution in [3.63, 3.8) is 0 Å². The van der Waals surface area contributed by atoms with Gasteiger partial charge < -0.3 is 15.8 Å². The van der Waals surface area contributed by atoms with Crippen LogP contribution in [0.4, 0.5) is 5.82 Å². The normalized spacial score (nSPS) is 15.9. The van der Waals surface area contributed by atoms with Crippen molar-refractivity contribution >= 4 is 29.0 Å². The van der Waals surface area contributed by atoms with Crippen molar-refractivity contribution in [3.05, 3.63) is 64.0 Å². The maximum Gasteiger partial charge on any atom is 0.255 e. The van der Waals surface area contributed by atoms with Crippen molar-refractivity contribution in [2.24, 2.45) is 5.73 Å². The summed E-state index contributed by atoms with van der Waals surface area (Å²) in [6, 6.07) is 11.4. The molecular weight excluding hydrogens is 364 g/mol. The summed E-state index contributed by atoms with van der Waals surface area (Å²) in [5, 5.41) is 9.46. The molecule has 2 amide bonds. The van der Waals surface area contributed by atoms with E-state index in [2.05, 4.69) is 10.4 Å². The molecule has 0 spiro atoms. The lowest BCUT2D eigenvalue weighted by Gasteiger charge is -2.24. The number of hydrogen-bond acceptors (Lipinski definition) is 5. The van der Waals surface area contributed by atoms with E-state index >= 15 is 0 Å². The fourth-order valence-electron chi connectivity index (χ4n) is 3.19. The molecule has 0 aliphatic carbocycles. The first-order chi connectivity index (χ1) is 13.1. The predicted octanol–water partition coefficient (Wildman–Crippen LogP) is 2.33. The third-order valence-electron chi connectivity index (χ3n) is 4.44. The summed E-state index contributed by atoms with van der Waals surface area (Å²) < 4.78 is 7.12. The van der Waals surface area contributed by atoms with Crippen LogP contribution in [0.25, 0.3) is 0 Å². The molecule has 0 saturated carbocycles. The van der Waals surface area contributed by atoms with Gasteiger partial charge in [-0.25, -0.2) is 4.68 Å². The molecule has 0 radical (unpaired) electrons. The Bertz CT molecular complexity index is 964. The van der Waals surface area contributed by atoms with Crippen LogP contribution in [-0.2, 0) is 16.1 Å². The number of rotatable bonds is 6. The van der Waals surface area contributed by atoms with Gasteiger partial charge in [0, 0.05) is 22.8 Å². The van der Waals surface area contributed by atoms with Crippen LogP contribution >= 0.6 is 11.3 Å². The minimum Gasteiger partial charge on any atom is -0.484 e. The van der Waals surface area contributed by atoms with Crippen LogP contribution in [0, 0.1) is 0 Å². The van der Waals surface area contributed by atoms with Gasteiger partial charge in [-0.2, -0.15) is 5.10 Å². The maximum absolute atomic E-state index is 12.3. The van der Waals surface area contributed by atoms with Crippen LogP contribution in [0.5, 0.6) is 5.75 Å². The number of carbonyl (C=O) groups excluding carboxylic acids is 2. The molecule has 3 N–H and O–H groups in total. The highest BCUT2D eigenvalue weighted by Crippen LogP contribution is 2.37. The topological polar surface area (TPSA) is 99.2 Å². The number of ether oxygens (including phenoxy) is 1. The van der Waals surface area contributed by atoms with Crippen LogP contribution in [0.3, 0.4) is 0 Å². The van der Waals surface area contributed by atoms with E-state index in [9.17, 15) is 9.59 Å². The van der Waals surface area contributed by atoms with E-state index in [4.69, 9.17) is 10.5 Å². The van der Waals surface area contributed by atoms with Crippen LogP contribution < -0.4 is 15.8 Å². The van der Waals surface area contributed by atoms with Crippen LogP contribution in [0.15, 0.2) is 48.0 Å². The Morgan fingerprint density at radius 3 is 2.85 bits per heavy atom. The second-order valence-corrected chi connectivity index (χ2v) is 7.35. The SMILES string of the molecule is NC(=O)COc1ccc([C@@H]2CC(=O)Nc3c2cnn3Cc2cccs2)cc1. The standard InChI is InChI=1S/C19H18N4O3S/c20-17(24)11-26-13-5-3-12(4-6-13)15-8-18(25)22-19-16(15)9-21-23(19)10-14-2-1-7-27-14/h1-7,9,15H,8,10-11H2,(H2,20,24)(H,22,25)/t15-/m0/s1. The van der Waals surface area contributed by atoms with Crippen molar-refractivity contribution < 1.29 is 14.3 Å². The number of anilines is 1. The van der Waals surface area contributed by atoms with E-state index < -0.39 is 5.91 Å². The molecular formula is C19H18N4O3S. The zero-order valence-corrected chi connectivity index (χ0v) is 15.2. The van der Waals surface area contributed by atoms with Crippen LogP contribution in [-0.4, -0.2) is 28.2 Å². The molecule has 0 unspecified atom stereocenters. The van der Waals surface area contributed by atoms with Crippen molar-refractivity contribution in [3.8, 4) is 5.75 Å². The number of primary amides is 1. The number of nitrogens with one attached hydrogen (secondary N) is 1. The highest BCUT2D eigenvalue weighted by atomic mass is 32.1. The summed E-state index contributed by atoms with van der Waals surface area (Å²) in [5.41, 5.74) is 7.08. The first-order valence-electron chi connectivity index (χ1n) is 8.49. The Balaban J connectivity index is 1.59. The Morgan fingerprint density at radius 2 is 2.15 bits per heavy atom. The molecule has 2 aromatic heterocycles. The molecule has 4 rings (SSSR count). The number of benzene rings is 1. The second kappa shape index (κ2) is 7.24. The average molecular weight is 382 g/mol. The van der Waals surface area contributed by atoms with E-state index in [1.165, 1.54) is 4.88 Å². The van der Waals surface area contributed by atoms with Gasteiger partial charge in [0.25, 0.3) is 5.91 Å². The summed E-state index contributed by atoms with van der Waals surface area (Å²) in [5.74, 6) is 0.682. The molecule has 0 fully saturated rings. The quantitative estimate of drug-likeness (QED) is 0.683. The first kappa shape index (κ1) is 17.3. The Morgan fingerprint density at radius 1 is 1.33 bits per heavy atom. The monoisotopic (exact) mass is 382 g/mol. The third kappa shape index (κ3) is 3.70. The van der Waals surface area contributed by atoms with E-state index in [1.807, 2.05) is 40.5 Å². The summed E-state index contributed by atoms with van der Waals surface area (Å²) in [6.45, 7) is 0.463. The van der Waals surface area contributed by atoms with Gasteiger partial charge >= 0.3 is 0 Å². The lowest BCUT2D eigenvalue weighted by atomic mass is 9.87. The second-order valence-electron chi connectivity index (χ2n) is 6.31. The molecule has 1 aliphatic rings. The molecule has 138 valence electrons. The minimum atomic E-state index is -0.522. The number of hydrogen-bond donors (Lipinski definition) is 2. The lowest BCUT2D eigenvalue weighted by Crippen LogP contribution is -2.25. The largest absolute Gasteiger partial charge is 0.484 e. The van der Waals surface area contributed by atoms with Gasteiger partial charge in [0.05, 0.1) is 12.7 Å². The number of amides is 2. The van der Waals surface area contributed by atoms with E-state index in [1.54, 1.807) is 23.5 Å². The molecule has 1 aromatic carbocycles. The first-order valence-corrected chi connectivity index (χ1v) is 9.37. The summed E-state index contributed by atoms with van der Waals surface area (Å²) in [4.78, 5) is 24.3. The number of fused-ring (bicyclic) bond motifs is 1. The predicted molar refractivity (Wildman–Crippen MR) is 102 cm³/mol. The highest BCUT2D eigenvalue weighted by Gasteiger charge is 2.30. The zero-order valence-electron chi connectivity index (χ0n) is 14.4. The van der Waals surface area contributed by atoms with Crippen molar-refractivity contribution in [1.82, 2.24) is 9.78 Å². The van der Waals surface area contributed by atoms with Gasteiger partial charge in [0.1, 0.15) is 11.6 Å². The fourth-order valence-corrected chi connectivity index (χ4v) is 3.87. The summed E-state index contributed by atoms with van der Waals surface area (Å²) >= 11 is 1.66. The number of thiophene rings is 1. The molecule has 3 aromatic rings. The Kier molecular flexibility index (Phi) is 4.64. The van der Waals surface area contributed by atoms with E-state index in [0.29, 0.717) is 18.7 Å².